The van der Waals surface area contributed by atoms with Gasteiger partial charge in [0.2, 0.25) is 0 Å². The van der Waals surface area contributed by atoms with E-state index in [2.05, 4.69) is 0 Å². The van der Waals surface area contributed by atoms with Crippen LogP contribution in [0, 0.1) is 35.6 Å². The molecule has 0 aromatic rings. The van der Waals surface area contributed by atoms with E-state index in [1.54, 1.807) is 0 Å². The van der Waals surface area contributed by atoms with Crippen LogP contribution in [0.25, 0.3) is 0 Å². The number of hydrogen-bond donors (Lipinski definition) is 0. The SMILES string of the molecule is O.[H-].[H-].[La].[Mn].[Sc].[Sr+2]. The minimum atomic E-state index is 0. The van der Waals surface area contributed by atoms with Crippen LogP contribution < -0.4 is 0 Å². The summed E-state index contributed by atoms with van der Waals surface area (Å²) in [6.07, 6.45) is 0. The minimum Gasteiger partial charge on any atom is -1.00 e. The Morgan fingerprint density at radius 1 is 1.20 bits per heavy atom. The van der Waals surface area contributed by atoms with Crippen LogP contribution in [-0.4, -0.2) is 51.0 Å². The number of rotatable bonds is 0. The fraction of sp³-hybridized carbons (Fsp3) is 0. The summed E-state index contributed by atoms with van der Waals surface area (Å²) in [7, 11) is 0. The second kappa shape index (κ2) is 24.4. The van der Waals surface area contributed by atoms with Gasteiger partial charge >= 0.3 is 45.5 Å². The molecule has 0 bridgehead atoms. The largest absolute Gasteiger partial charge is 2.00 e. The van der Waals surface area contributed by atoms with Gasteiger partial charge in [0.05, 0.1) is 0 Å². The van der Waals surface area contributed by atoms with Crippen molar-refractivity contribution in [2.24, 2.45) is 0 Å². The summed E-state index contributed by atoms with van der Waals surface area (Å²) in [5.41, 5.74) is 0. The Bertz CT molecular complexity index is 17.7. The van der Waals surface area contributed by atoms with Gasteiger partial charge in [-0.3, -0.25) is 0 Å². The van der Waals surface area contributed by atoms with Crippen LogP contribution in [0.15, 0.2) is 0 Å². The molecule has 0 aromatic heterocycles. The summed E-state index contributed by atoms with van der Waals surface area (Å²) in [6.45, 7) is 0. The van der Waals surface area contributed by atoms with Gasteiger partial charge in [-0.05, 0) is 0 Å². The molecule has 0 aromatic carbocycles. The van der Waals surface area contributed by atoms with Gasteiger partial charge in [0, 0.05) is 78.5 Å². The van der Waals surface area contributed by atoms with Gasteiger partial charge in [-0.25, -0.2) is 0 Å². The quantitative estimate of drug-likeness (QED) is 0.505. The van der Waals surface area contributed by atoms with E-state index in [9.17, 15) is 0 Å². The molecule has 0 saturated carbocycles. The zero-order valence-corrected chi connectivity index (χ0v) is 12.8. The van der Waals surface area contributed by atoms with Gasteiger partial charge < -0.3 is 8.33 Å². The molecular formula is H4LaMnOScSr. The Hall–Kier alpha value is 4.02. The van der Waals surface area contributed by atoms with Crippen LogP contribution in [0.2, 0.25) is 0 Å². The van der Waals surface area contributed by atoms with E-state index in [0.29, 0.717) is 0 Å². The Morgan fingerprint density at radius 3 is 1.20 bits per heavy atom. The molecule has 0 heterocycles. The fourth-order valence-corrected chi connectivity index (χ4v) is 0. The maximum atomic E-state index is 0. The van der Waals surface area contributed by atoms with Gasteiger partial charge in [-0.1, -0.05) is 0 Å². The Morgan fingerprint density at radius 2 is 1.20 bits per heavy atom. The van der Waals surface area contributed by atoms with Crippen molar-refractivity contribution in [3.63, 3.8) is 0 Å². The second-order valence-electron chi connectivity index (χ2n) is 0. The third-order valence-electron chi connectivity index (χ3n) is 0. The van der Waals surface area contributed by atoms with E-state index < -0.39 is 0 Å². The summed E-state index contributed by atoms with van der Waals surface area (Å²) in [5, 5.41) is 0. The van der Waals surface area contributed by atoms with Gasteiger partial charge in [-0.15, -0.1) is 0 Å². The molecular weight excluding hydrogens is 342 g/mol. The molecule has 1 nitrogen and oxygen atoms in total. The molecule has 0 rings (SSSR count). The maximum absolute atomic E-state index is 0. The van der Waals surface area contributed by atoms with Crippen LogP contribution in [-0.2, 0) is 42.9 Å². The smallest absolute Gasteiger partial charge is 1.00 e. The van der Waals surface area contributed by atoms with Gasteiger partial charge in [0.15, 0.2) is 0 Å². The van der Waals surface area contributed by atoms with Crippen molar-refractivity contribution in [2.75, 3.05) is 0 Å². The third-order valence-corrected chi connectivity index (χ3v) is 0. The van der Waals surface area contributed by atoms with Gasteiger partial charge in [0.1, 0.15) is 0 Å². The molecule has 0 amide bonds. The molecule has 5 heteroatoms. The Kier molecular flexibility index (Phi) is 175. The first kappa shape index (κ1) is 35.9. The van der Waals surface area contributed by atoms with Crippen molar-refractivity contribution in [2.45, 2.75) is 0 Å². The van der Waals surface area contributed by atoms with E-state index in [1.807, 2.05) is 0 Å². The standard InChI is InChI=1S/La.Mn.H2O.Sc.Sr.2H/h;;1H2;;;;/q;;;;+2;2*-1. The van der Waals surface area contributed by atoms with Crippen LogP contribution in [0.3, 0.4) is 0 Å². The summed E-state index contributed by atoms with van der Waals surface area (Å²) >= 11 is 0. The zero-order chi connectivity index (χ0) is 0. The monoisotopic (exact) mass is 347 g/mol. The van der Waals surface area contributed by atoms with Crippen molar-refractivity contribution in [3.05, 3.63) is 0 Å². The first-order valence-corrected chi connectivity index (χ1v) is 0. The molecule has 5 heavy (non-hydrogen) atoms. The third kappa shape index (κ3) is 18.0. The summed E-state index contributed by atoms with van der Waals surface area (Å²) in [4.78, 5) is 0. The van der Waals surface area contributed by atoms with E-state index in [-0.39, 0.29) is 132 Å². The first-order chi connectivity index (χ1) is 0. The molecule has 0 spiro atoms. The molecule has 2 N–H and O–H groups in total. The van der Waals surface area contributed by atoms with Crippen LogP contribution >= 0.6 is 0 Å². The second-order valence-corrected chi connectivity index (χ2v) is 0. The average molecular weight is 346 g/mol. The van der Waals surface area contributed by atoms with Crippen molar-refractivity contribution in [1.82, 2.24) is 0 Å². The van der Waals surface area contributed by atoms with Gasteiger partial charge in [0.25, 0.3) is 0 Å². The first-order valence-electron chi connectivity index (χ1n) is 0. The Labute approximate surface area is 129 Å². The molecule has 0 aliphatic heterocycles. The normalized spacial score (nSPS) is 0. The molecule has 25 valence electrons. The van der Waals surface area contributed by atoms with Crippen LogP contribution in [0.4, 0.5) is 0 Å². The number of hydrogen-bond acceptors (Lipinski definition) is 0. The predicted octanol–water partition coefficient (Wildman–Crippen LogP) is -0.986. The van der Waals surface area contributed by atoms with Crippen LogP contribution in [0.5, 0.6) is 0 Å². The Balaban J connectivity index is 0. The zero-order valence-electron chi connectivity index (χ0n) is 4.74. The molecule has 0 aliphatic rings. The summed E-state index contributed by atoms with van der Waals surface area (Å²) in [5.74, 6) is 0. The molecule has 0 fully saturated rings. The van der Waals surface area contributed by atoms with E-state index in [4.69, 9.17) is 0 Å². The van der Waals surface area contributed by atoms with Crippen molar-refractivity contribution in [3.8, 4) is 0 Å². The maximum Gasteiger partial charge on any atom is 2.00 e. The van der Waals surface area contributed by atoms with Crippen molar-refractivity contribution in [1.29, 1.82) is 0 Å². The predicted molar refractivity (Wildman–Crippen MR) is 11.6 cm³/mol. The van der Waals surface area contributed by atoms with Crippen LogP contribution in [0.1, 0.15) is 2.85 Å². The topological polar surface area (TPSA) is 31.5 Å². The molecule has 3 radical (unpaired) electrons. The minimum absolute atomic E-state index is 0. The summed E-state index contributed by atoms with van der Waals surface area (Å²) in [6, 6.07) is 0. The molecule has 0 aliphatic carbocycles. The fourth-order valence-electron chi connectivity index (χ4n) is 0. The van der Waals surface area contributed by atoms with E-state index >= 15 is 0 Å². The molecule has 0 saturated heterocycles. The van der Waals surface area contributed by atoms with E-state index in [1.165, 1.54) is 0 Å². The molecule has 0 unspecified atom stereocenters. The van der Waals surface area contributed by atoms with Gasteiger partial charge in [-0.2, -0.15) is 0 Å². The average Bonchev–Trinajstić information content (AvgIpc) is 0. The molecule has 0 atom stereocenters. The summed E-state index contributed by atoms with van der Waals surface area (Å²) < 4.78 is 0. The van der Waals surface area contributed by atoms with E-state index in [0.717, 1.165) is 0 Å². The van der Waals surface area contributed by atoms with Crippen molar-refractivity contribution >= 4 is 45.5 Å². The van der Waals surface area contributed by atoms with Crippen molar-refractivity contribution < 1.29 is 86.8 Å².